The number of piperazine rings is 1. The van der Waals surface area contributed by atoms with E-state index in [1.165, 1.54) is 0 Å². The number of nitrogens with zero attached hydrogens (tertiary/aromatic N) is 2. The normalized spacial score (nSPS) is 23.8. The van der Waals surface area contributed by atoms with Crippen molar-refractivity contribution in [3.8, 4) is 0 Å². The Bertz CT molecular complexity index is 763. The van der Waals surface area contributed by atoms with E-state index in [0.29, 0.717) is 29.4 Å². The lowest BCUT2D eigenvalue weighted by molar-refractivity contribution is -0.664. The number of fused-ring (bicyclic) bond motifs is 2. The first-order valence-electron chi connectivity index (χ1n) is 9.06. The number of piperidine rings is 1. The van der Waals surface area contributed by atoms with Gasteiger partial charge in [-0.2, -0.15) is 0 Å². The fraction of sp³-hybridized carbons (Fsp3) is 0.500. The molecule has 0 aliphatic carbocycles. The number of hydrogen-bond acceptors (Lipinski definition) is 3. The standard InChI is InChI=1S/C18H21ClN4O3/c19-12-1-2-13-14(9-12)21-16(24)15-10-22(7-8-23(15)18(13)26)17(25)11-3-5-20-6-4-11/h1-2,9,11,15,20H,3-8,10H2,(H,21,24)/p+1/t15-/m1/s1. The number of amides is 3. The summed E-state index contributed by atoms with van der Waals surface area (Å²) in [5, 5.41) is 5.49. The SMILES string of the molecule is O=C1Nc2cc(Cl)ccc2C(=O)N2CCN(C(=O)C3CC[NH2+]CC3)C[C@H]12. The number of anilines is 1. The first kappa shape index (κ1) is 17.3. The van der Waals surface area contributed by atoms with Gasteiger partial charge in [0, 0.05) is 36.9 Å². The number of quaternary nitrogens is 1. The zero-order chi connectivity index (χ0) is 18.3. The Kier molecular flexibility index (Phi) is 4.58. The van der Waals surface area contributed by atoms with Gasteiger partial charge >= 0.3 is 0 Å². The van der Waals surface area contributed by atoms with Crippen molar-refractivity contribution in [3.05, 3.63) is 28.8 Å². The van der Waals surface area contributed by atoms with Gasteiger partial charge < -0.3 is 20.4 Å². The van der Waals surface area contributed by atoms with Crippen molar-refractivity contribution < 1.29 is 19.7 Å². The summed E-state index contributed by atoms with van der Waals surface area (Å²) in [5.74, 6) is -0.317. The predicted molar refractivity (Wildman–Crippen MR) is 95.9 cm³/mol. The average Bonchev–Trinajstić information content (AvgIpc) is 2.76. The summed E-state index contributed by atoms with van der Waals surface area (Å²) >= 11 is 6.00. The van der Waals surface area contributed by atoms with Crippen LogP contribution in [0.4, 0.5) is 5.69 Å². The van der Waals surface area contributed by atoms with Crippen molar-refractivity contribution in [1.82, 2.24) is 9.80 Å². The minimum Gasteiger partial charge on any atom is -0.346 e. The second-order valence-electron chi connectivity index (χ2n) is 7.12. The van der Waals surface area contributed by atoms with Gasteiger partial charge in [-0.25, -0.2) is 0 Å². The van der Waals surface area contributed by atoms with Gasteiger partial charge in [0.2, 0.25) is 11.8 Å². The van der Waals surface area contributed by atoms with E-state index in [0.717, 1.165) is 25.9 Å². The maximum atomic E-state index is 12.9. The smallest absolute Gasteiger partial charge is 0.256 e. The summed E-state index contributed by atoms with van der Waals surface area (Å²) in [5.41, 5.74) is 0.871. The topological polar surface area (TPSA) is 86.3 Å². The molecule has 3 amide bonds. The summed E-state index contributed by atoms with van der Waals surface area (Å²) in [7, 11) is 0. The Morgan fingerprint density at radius 2 is 1.96 bits per heavy atom. The number of carbonyl (C=O) groups is 3. The van der Waals surface area contributed by atoms with E-state index in [4.69, 9.17) is 11.6 Å². The fourth-order valence-electron chi connectivity index (χ4n) is 4.06. The van der Waals surface area contributed by atoms with E-state index in [9.17, 15) is 14.4 Å². The summed E-state index contributed by atoms with van der Waals surface area (Å²) in [6, 6.07) is 4.21. The molecule has 0 saturated carbocycles. The van der Waals surface area contributed by atoms with Crippen molar-refractivity contribution in [3.63, 3.8) is 0 Å². The highest BCUT2D eigenvalue weighted by Gasteiger charge is 2.41. The second-order valence-corrected chi connectivity index (χ2v) is 7.55. The van der Waals surface area contributed by atoms with Crippen molar-refractivity contribution >= 4 is 35.0 Å². The van der Waals surface area contributed by atoms with Crippen LogP contribution in [0.3, 0.4) is 0 Å². The first-order chi connectivity index (χ1) is 12.5. The Morgan fingerprint density at radius 1 is 1.19 bits per heavy atom. The molecule has 0 unspecified atom stereocenters. The third kappa shape index (κ3) is 3.05. The number of hydrogen-bond donors (Lipinski definition) is 2. The lowest BCUT2D eigenvalue weighted by Gasteiger charge is -2.40. The molecule has 26 heavy (non-hydrogen) atoms. The van der Waals surface area contributed by atoms with Crippen LogP contribution in [0.1, 0.15) is 23.2 Å². The van der Waals surface area contributed by atoms with Crippen LogP contribution in [-0.2, 0) is 9.59 Å². The van der Waals surface area contributed by atoms with Gasteiger partial charge in [0.25, 0.3) is 5.91 Å². The zero-order valence-corrected chi connectivity index (χ0v) is 15.2. The van der Waals surface area contributed by atoms with Crippen molar-refractivity contribution in [2.45, 2.75) is 18.9 Å². The molecule has 2 fully saturated rings. The molecule has 1 aromatic carbocycles. The highest BCUT2D eigenvalue weighted by Crippen LogP contribution is 2.28. The van der Waals surface area contributed by atoms with Crippen LogP contribution < -0.4 is 10.6 Å². The first-order valence-corrected chi connectivity index (χ1v) is 9.44. The summed E-state index contributed by atoms with van der Waals surface area (Å²) < 4.78 is 0. The molecular formula is C18H22ClN4O3+. The molecule has 7 nitrogen and oxygen atoms in total. The summed E-state index contributed by atoms with van der Waals surface area (Å²) in [6.07, 6.45) is 1.75. The van der Waals surface area contributed by atoms with Gasteiger partial charge in [0.15, 0.2) is 0 Å². The Labute approximate surface area is 156 Å². The number of halogens is 1. The maximum Gasteiger partial charge on any atom is 0.256 e. The third-order valence-electron chi connectivity index (χ3n) is 5.51. The number of nitrogens with two attached hydrogens (primary N) is 1. The van der Waals surface area contributed by atoms with E-state index in [2.05, 4.69) is 10.6 Å². The molecule has 3 aliphatic heterocycles. The van der Waals surface area contributed by atoms with Crippen LogP contribution in [0.15, 0.2) is 18.2 Å². The molecule has 8 heteroatoms. The van der Waals surface area contributed by atoms with Crippen LogP contribution >= 0.6 is 11.6 Å². The van der Waals surface area contributed by atoms with Crippen LogP contribution in [-0.4, -0.2) is 66.3 Å². The Hall–Kier alpha value is -2.12. The molecule has 0 bridgehead atoms. The van der Waals surface area contributed by atoms with Crippen molar-refractivity contribution in [2.24, 2.45) is 5.92 Å². The molecule has 2 saturated heterocycles. The zero-order valence-electron chi connectivity index (χ0n) is 14.4. The molecule has 1 aromatic rings. The van der Waals surface area contributed by atoms with Crippen LogP contribution in [0.5, 0.6) is 0 Å². The lowest BCUT2D eigenvalue weighted by atomic mass is 9.95. The molecule has 1 atom stereocenters. The number of benzene rings is 1. The summed E-state index contributed by atoms with van der Waals surface area (Å²) in [4.78, 5) is 41.8. The predicted octanol–water partition coefficient (Wildman–Crippen LogP) is -0.0815. The monoisotopic (exact) mass is 377 g/mol. The van der Waals surface area contributed by atoms with Gasteiger partial charge in [0.05, 0.1) is 30.9 Å². The molecule has 3 N–H and O–H groups in total. The average molecular weight is 378 g/mol. The molecule has 0 spiro atoms. The quantitative estimate of drug-likeness (QED) is 0.717. The van der Waals surface area contributed by atoms with E-state index in [1.54, 1.807) is 28.0 Å². The van der Waals surface area contributed by atoms with Crippen molar-refractivity contribution in [2.75, 3.05) is 38.0 Å². The van der Waals surface area contributed by atoms with Crippen LogP contribution in [0.2, 0.25) is 5.02 Å². The van der Waals surface area contributed by atoms with E-state index in [-0.39, 0.29) is 30.2 Å². The van der Waals surface area contributed by atoms with E-state index in [1.807, 2.05) is 0 Å². The molecular weight excluding hydrogens is 356 g/mol. The minimum atomic E-state index is -0.665. The molecule has 3 aliphatic rings. The maximum absolute atomic E-state index is 12.9. The van der Waals surface area contributed by atoms with E-state index < -0.39 is 6.04 Å². The molecule has 0 radical (unpaired) electrons. The third-order valence-corrected chi connectivity index (χ3v) is 5.75. The Balaban J connectivity index is 1.55. The Morgan fingerprint density at radius 3 is 2.73 bits per heavy atom. The van der Waals surface area contributed by atoms with Crippen molar-refractivity contribution in [1.29, 1.82) is 0 Å². The van der Waals surface area contributed by atoms with Crippen LogP contribution in [0, 0.1) is 5.92 Å². The van der Waals surface area contributed by atoms with Gasteiger partial charge in [-0.15, -0.1) is 0 Å². The highest BCUT2D eigenvalue weighted by atomic mass is 35.5. The second kappa shape index (κ2) is 6.89. The minimum absolute atomic E-state index is 0.0343. The van der Waals surface area contributed by atoms with Gasteiger partial charge in [0.1, 0.15) is 6.04 Å². The van der Waals surface area contributed by atoms with Gasteiger partial charge in [-0.05, 0) is 18.2 Å². The molecule has 3 heterocycles. The molecule has 4 rings (SSSR count). The van der Waals surface area contributed by atoms with Crippen LogP contribution in [0.25, 0.3) is 0 Å². The fourth-order valence-corrected chi connectivity index (χ4v) is 4.23. The number of rotatable bonds is 1. The molecule has 0 aromatic heterocycles. The number of nitrogens with one attached hydrogen (secondary N) is 1. The van der Waals surface area contributed by atoms with E-state index >= 15 is 0 Å². The summed E-state index contributed by atoms with van der Waals surface area (Å²) in [6.45, 7) is 3.02. The highest BCUT2D eigenvalue weighted by molar-refractivity contribution is 6.31. The lowest BCUT2D eigenvalue weighted by Crippen LogP contribution is -2.86. The largest absolute Gasteiger partial charge is 0.346 e. The molecule has 138 valence electrons. The van der Waals surface area contributed by atoms with Gasteiger partial charge in [-0.1, -0.05) is 11.6 Å². The number of carbonyl (C=O) groups excluding carboxylic acids is 3. The van der Waals surface area contributed by atoms with Gasteiger partial charge in [-0.3, -0.25) is 14.4 Å².